The highest BCUT2D eigenvalue weighted by atomic mass is 32.2. The summed E-state index contributed by atoms with van der Waals surface area (Å²) in [5.74, 6) is 1.78. The van der Waals surface area contributed by atoms with Crippen molar-refractivity contribution in [3.8, 4) is 17.1 Å². The molecule has 1 heterocycles. The molecule has 0 N–H and O–H groups in total. The Balaban J connectivity index is 1.92. The van der Waals surface area contributed by atoms with E-state index in [2.05, 4.69) is 16.8 Å². The zero-order chi connectivity index (χ0) is 19.2. The molecular weight excluding hydrogens is 364 g/mol. The summed E-state index contributed by atoms with van der Waals surface area (Å²) in [6.45, 7) is 4.32. The lowest BCUT2D eigenvalue weighted by atomic mass is 10.2. The molecular formula is C19H18N4O3S. The predicted octanol–water partition coefficient (Wildman–Crippen LogP) is 4.34. The van der Waals surface area contributed by atoms with Gasteiger partial charge in [-0.1, -0.05) is 48.2 Å². The van der Waals surface area contributed by atoms with E-state index < -0.39 is 0 Å². The average Bonchev–Trinajstić information content (AvgIpc) is 3.09. The Bertz CT molecular complexity index is 971. The molecule has 8 heteroatoms. The van der Waals surface area contributed by atoms with E-state index in [0.717, 1.165) is 5.56 Å². The summed E-state index contributed by atoms with van der Waals surface area (Å²) in [5.41, 5.74) is 1.57. The number of benzene rings is 2. The fourth-order valence-electron chi connectivity index (χ4n) is 2.67. The number of nitrogens with zero attached hydrogens (tertiary/aromatic N) is 4. The van der Waals surface area contributed by atoms with Gasteiger partial charge in [0.15, 0.2) is 11.0 Å². The molecule has 0 amide bonds. The van der Waals surface area contributed by atoms with E-state index in [-0.39, 0.29) is 10.6 Å². The topological polar surface area (TPSA) is 83.1 Å². The van der Waals surface area contributed by atoms with Crippen LogP contribution in [-0.4, -0.2) is 26.8 Å². The first-order valence-electron chi connectivity index (χ1n) is 8.18. The highest BCUT2D eigenvalue weighted by molar-refractivity contribution is 7.98. The second-order valence-corrected chi connectivity index (χ2v) is 6.52. The summed E-state index contributed by atoms with van der Waals surface area (Å²) in [7, 11) is 1.61. The molecule has 0 spiro atoms. The summed E-state index contributed by atoms with van der Waals surface area (Å²) in [4.78, 5) is 10.8. The van der Waals surface area contributed by atoms with Crippen LogP contribution in [-0.2, 0) is 12.3 Å². The molecule has 0 fully saturated rings. The van der Waals surface area contributed by atoms with Crippen LogP contribution in [0.5, 0.6) is 5.75 Å². The molecule has 27 heavy (non-hydrogen) atoms. The molecule has 0 aliphatic rings. The number of allylic oxidation sites excluding steroid dienone is 1. The number of rotatable bonds is 8. The first-order chi connectivity index (χ1) is 13.2. The van der Waals surface area contributed by atoms with Crippen molar-refractivity contribution < 1.29 is 9.66 Å². The van der Waals surface area contributed by atoms with E-state index in [4.69, 9.17) is 4.74 Å². The molecule has 0 saturated carbocycles. The summed E-state index contributed by atoms with van der Waals surface area (Å²) in [5, 5.41) is 20.5. The van der Waals surface area contributed by atoms with Crippen LogP contribution >= 0.6 is 11.8 Å². The molecule has 7 nitrogen and oxygen atoms in total. The maximum Gasteiger partial charge on any atom is 0.273 e. The molecule has 138 valence electrons. The number of hydrogen-bond donors (Lipinski definition) is 0. The number of nitro groups is 1. The van der Waals surface area contributed by atoms with Gasteiger partial charge in [0.2, 0.25) is 0 Å². The Morgan fingerprint density at radius 3 is 2.70 bits per heavy atom. The molecule has 0 unspecified atom stereocenters. The average molecular weight is 382 g/mol. The Kier molecular flexibility index (Phi) is 5.87. The predicted molar refractivity (Wildman–Crippen MR) is 105 cm³/mol. The van der Waals surface area contributed by atoms with Crippen LogP contribution < -0.4 is 4.74 Å². The van der Waals surface area contributed by atoms with Crippen LogP contribution in [0.1, 0.15) is 5.56 Å². The molecule has 0 radical (unpaired) electrons. The van der Waals surface area contributed by atoms with Crippen molar-refractivity contribution in [2.24, 2.45) is 0 Å². The van der Waals surface area contributed by atoms with Gasteiger partial charge in [0.25, 0.3) is 5.69 Å². The minimum Gasteiger partial charge on any atom is -0.496 e. The Hall–Kier alpha value is -3.13. The Morgan fingerprint density at radius 2 is 1.96 bits per heavy atom. The molecule has 0 aliphatic heterocycles. The van der Waals surface area contributed by atoms with Crippen molar-refractivity contribution in [1.29, 1.82) is 0 Å². The van der Waals surface area contributed by atoms with Crippen LogP contribution in [0.3, 0.4) is 0 Å². The van der Waals surface area contributed by atoms with Crippen LogP contribution in [0.25, 0.3) is 11.4 Å². The van der Waals surface area contributed by atoms with Gasteiger partial charge in [-0.3, -0.25) is 14.7 Å². The number of ether oxygens (including phenoxy) is 1. The quantitative estimate of drug-likeness (QED) is 0.249. The van der Waals surface area contributed by atoms with E-state index >= 15 is 0 Å². The first-order valence-corrected chi connectivity index (χ1v) is 9.16. The largest absolute Gasteiger partial charge is 0.496 e. The number of nitro benzene ring substituents is 1. The minimum absolute atomic E-state index is 0.102. The van der Waals surface area contributed by atoms with E-state index in [0.29, 0.717) is 34.6 Å². The van der Waals surface area contributed by atoms with Gasteiger partial charge >= 0.3 is 0 Å². The maximum absolute atomic E-state index is 11.2. The van der Waals surface area contributed by atoms with E-state index in [1.807, 2.05) is 28.8 Å². The lowest BCUT2D eigenvalue weighted by molar-refractivity contribution is -0.385. The van der Waals surface area contributed by atoms with Gasteiger partial charge in [-0.05, 0) is 12.1 Å². The highest BCUT2D eigenvalue weighted by Crippen LogP contribution is 2.32. The molecule has 3 rings (SSSR count). The second-order valence-electron chi connectivity index (χ2n) is 5.58. The SMILES string of the molecule is C=CCn1c(SCc2ccccc2[N+](=O)[O-])nnc1-c1ccccc1OC. The van der Waals surface area contributed by atoms with E-state index in [9.17, 15) is 10.1 Å². The monoisotopic (exact) mass is 382 g/mol. The van der Waals surface area contributed by atoms with Gasteiger partial charge in [-0.2, -0.15) is 0 Å². The van der Waals surface area contributed by atoms with Gasteiger partial charge in [-0.25, -0.2) is 0 Å². The summed E-state index contributed by atoms with van der Waals surface area (Å²) < 4.78 is 7.35. The number of hydrogen-bond acceptors (Lipinski definition) is 6. The third kappa shape index (κ3) is 4.01. The van der Waals surface area contributed by atoms with Crippen molar-refractivity contribution in [2.75, 3.05) is 7.11 Å². The van der Waals surface area contributed by atoms with Gasteiger partial charge in [0, 0.05) is 23.9 Å². The van der Waals surface area contributed by atoms with E-state index in [1.54, 1.807) is 31.4 Å². The molecule has 0 saturated heterocycles. The molecule has 2 aromatic carbocycles. The first kappa shape index (κ1) is 18.7. The zero-order valence-electron chi connectivity index (χ0n) is 14.7. The molecule has 0 bridgehead atoms. The van der Waals surface area contributed by atoms with E-state index in [1.165, 1.54) is 17.8 Å². The number of para-hydroxylation sites is 2. The van der Waals surface area contributed by atoms with Gasteiger partial charge in [0.1, 0.15) is 5.75 Å². The van der Waals surface area contributed by atoms with Crippen LogP contribution in [0.15, 0.2) is 66.3 Å². The molecule has 3 aromatic rings. The molecule has 0 aliphatic carbocycles. The lowest BCUT2D eigenvalue weighted by Gasteiger charge is -2.10. The Morgan fingerprint density at radius 1 is 1.22 bits per heavy atom. The highest BCUT2D eigenvalue weighted by Gasteiger charge is 2.18. The zero-order valence-corrected chi connectivity index (χ0v) is 15.6. The standard InChI is InChI=1S/C19H18N4O3S/c1-3-12-22-18(15-9-5-7-11-17(15)26-2)20-21-19(22)27-13-14-8-4-6-10-16(14)23(24)25/h3-11H,1,12-13H2,2H3. The van der Waals surface area contributed by atoms with Gasteiger partial charge in [-0.15, -0.1) is 16.8 Å². The summed E-state index contributed by atoms with van der Waals surface area (Å²) in [6, 6.07) is 14.3. The molecule has 1 aromatic heterocycles. The van der Waals surface area contributed by atoms with Gasteiger partial charge in [0.05, 0.1) is 17.6 Å². The number of aromatic nitrogens is 3. The molecule has 0 atom stereocenters. The van der Waals surface area contributed by atoms with Crippen molar-refractivity contribution in [3.05, 3.63) is 76.9 Å². The van der Waals surface area contributed by atoms with Crippen LogP contribution in [0.2, 0.25) is 0 Å². The number of methoxy groups -OCH3 is 1. The van der Waals surface area contributed by atoms with Crippen molar-refractivity contribution >= 4 is 17.4 Å². The maximum atomic E-state index is 11.2. The third-order valence-electron chi connectivity index (χ3n) is 3.92. The second kappa shape index (κ2) is 8.50. The fourth-order valence-corrected chi connectivity index (χ4v) is 3.62. The minimum atomic E-state index is -0.370. The van der Waals surface area contributed by atoms with Crippen molar-refractivity contribution in [3.63, 3.8) is 0 Å². The van der Waals surface area contributed by atoms with Crippen LogP contribution in [0.4, 0.5) is 5.69 Å². The van der Waals surface area contributed by atoms with Crippen molar-refractivity contribution in [2.45, 2.75) is 17.5 Å². The summed E-state index contributed by atoms with van der Waals surface area (Å²) in [6.07, 6.45) is 1.76. The van der Waals surface area contributed by atoms with Crippen molar-refractivity contribution in [1.82, 2.24) is 14.8 Å². The van der Waals surface area contributed by atoms with Gasteiger partial charge < -0.3 is 4.74 Å². The number of thioether (sulfide) groups is 1. The smallest absolute Gasteiger partial charge is 0.273 e. The normalized spacial score (nSPS) is 10.6. The fraction of sp³-hybridized carbons (Fsp3) is 0.158. The Labute approximate surface area is 160 Å². The lowest BCUT2D eigenvalue weighted by Crippen LogP contribution is -2.02. The summed E-state index contributed by atoms with van der Waals surface area (Å²) >= 11 is 1.40. The van der Waals surface area contributed by atoms with Crippen LogP contribution in [0, 0.1) is 10.1 Å². The third-order valence-corrected chi connectivity index (χ3v) is 4.94.